The summed E-state index contributed by atoms with van der Waals surface area (Å²) in [6, 6.07) is 0.154. The van der Waals surface area contributed by atoms with E-state index >= 15 is 0 Å². The molecule has 2 aromatic heterocycles. The fraction of sp³-hybridized carbons (Fsp3) is 0.647. The van der Waals surface area contributed by atoms with E-state index in [0.29, 0.717) is 30.2 Å². The van der Waals surface area contributed by atoms with Crippen LogP contribution in [-0.4, -0.2) is 80.4 Å². The number of nitrogens with one attached hydrogen (secondary N) is 1. The first-order chi connectivity index (χ1) is 13.6. The van der Waals surface area contributed by atoms with E-state index in [1.54, 1.807) is 4.57 Å². The number of carbonyl (C=O) groups is 1. The molecule has 4 heterocycles. The van der Waals surface area contributed by atoms with Crippen molar-refractivity contribution in [3.8, 4) is 0 Å². The highest BCUT2D eigenvalue weighted by Crippen LogP contribution is 2.34. The van der Waals surface area contributed by atoms with Crippen molar-refractivity contribution in [1.82, 2.24) is 19.5 Å². The smallest absolute Gasteiger partial charge is 0.305 e. The number of fused-ring (bicyclic) bond motifs is 1. The fourth-order valence-electron chi connectivity index (χ4n) is 3.55. The van der Waals surface area contributed by atoms with E-state index in [4.69, 9.17) is 9.47 Å². The minimum absolute atomic E-state index is 0.0854. The summed E-state index contributed by atoms with van der Waals surface area (Å²) >= 11 is 0. The average Bonchev–Trinajstić information content (AvgIpc) is 3.42. The highest BCUT2D eigenvalue weighted by atomic mass is 16.6. The van der Waals surface area contributed by atoms with Crippen LogP contribution in [0.4, 0.5) is 5.82 Å². The number of esters is 1. The molecule has 28 heavy (non-hydrogen) atoms. The number of carbonyl (C=O) groups excluding carboxylic acids is 1. The molecule has 0 bridgehead atoms. The van der Waals surface area contributed by atoms with Crippen molar-refractivity contribution < 1.29 is 29.2 Å². The topological polar surface area (TPSA) is 141 Å². The molecule has 0 aromatic carbocycles. The number of hydrogen-bond donors (Lipinski definition) is 3. The lowest BCUT2D eigenvalue weighted by Crippen LogP contribution is -2.31. The maximum absolute atomic E-state index is 11.4. The van der Waals surface area contributed by atoms with E-state index in [1.807, 2.05) is 0 Å². The number of imidazole rings is 1. The summed E-state index contributed by atoms with van der Waals surface area (Å²) < 4.78 is 17.4. The van der Waals surface area contributed by atoms with E-state index in [2.05, 4.69) is 25.0 Å². The van der Waals surface area contributed by atoms with Gasteiger partial charge in [-0.05, 0) is 12.8 Å². The summed E-state index contributed by atoms with van der Waals surface area (Å²) in [6.45, 7) is 1.30. The monoisotopic (exact) mass is 393 g/mol. The Morgan fingerprint density at radius 2 is 2.21 bits per heavy atom. The zero-order valence-electron chi connectivity index (χ0n) is 15.4. The molecule has 2 aromatic rings. The summed E-state index contributed by atoms with van der Waals surface area (Å²) in [7, 11) is 1.30. The van der Waals surface area contributed by atoms with Crippen molar-refractivity contribution in [2.75, 3.05) is 25.6 Å². The maximum Gasteiger partial charge on any atom is 0.305 e. The molecule has 2 aliphatic heterocycles. The lowest BCUT2D eigenvalue weighted by molar-refractivity contribution is -0.141. The standard InChI is InChI=1S/C17H23N5O6/c1-26-11(23)3-2-10-13(24)14(25)17(28-10)22-8-20-12-15(18-7-19-16(12)22)21-9-4-5-27-6-9/h7-10,13-14,17,24-25H,2-6H2,1H3,(H,18,19,21)/t9?,10-,13-,14-,17-/m1/s1. The summed E-state index contributed by atoms with van der Waals surface area (Å²) in [5.41, 5.74) is 1.01. The third kappa shape index (κ3) is 3.53. The second kappa shape index (κ2) is 7.95. The largest absolute Gasteiger partial charge is 0.469 e. The third-order valence-electron chi connectivity index (χ3n) is 5.10. The number of rotatable bonds is 6. The van der Waals surface area contributed by atoms with Crippen LogP contribution in [0.25, 0.3) is 11.2 Å². The zero-order valence-corrected chi connectivity index (χ0v) is 15.4. The van der Waals surface area contributed by atoms with Gasteiger partial charge in [0.2, 0.25) is 0 Å². The number of methoxy groups -OCH3 is 1. The molecule has 0 spiro atoms. The van der Waals surface area contributed by atoms with Crippen LogP contribution in [0.1, 0.15) is 25.5 Å². The Hall–Kier alpha value is -2.34. The van der Waals surface area contributed by atoms with Gasteiger partial charge in [-0.3, -0.25) is 9.36 Å². The van der Waals surface area contributed by atoms with Gasteiger partial charge >= 0.3 is 5.97 Å². The lowest BCUT2D eigenvalue weighted by atomic mass is 10.1. The van der Waals surface area contributed by atoms with Crippen LogP contribution in [-0.2, 0) is 19.0 Å². The molecule has 5 atom stereocenters. The Morgan fingerprint density at radius 3 is 2.96 bits per heavy atom. The molecule has 2 fully saturated rings. The Balaban J connectivity index is 1.54. The van der Waals surface area contributed by atoms with Gasteiger partial charge in [-0.2, -0.15) is 0 Å². The Morgan fingerprint density at radius 1 is 1.36 bits per heavy atom. The van der Waals surface area contributed by atoms with Crippen molar-refractivity contribution in [2.24, 2.45) is 0 Å². The fourth-order valence-corrected chi connectivity index (χ4v) is 3.55. The molecule has 11 nitrogen and oxygen atoms in total. The minimum atomic E-state index is -1.19. The second-order valence-corrected chi connectivity index (χ2v) is 6.91. The van der Waals surface area contributed by atoms with Crippen molar-refractivity contribution in [3.63, 3.8) is 0 Å². The normalized spacial score (nSPS) is 30.0. The molecule has 11 heteroatoms. The van der Waals surface area contributed by atoms with Crippen molar-refractivity contribution >= 4 is 23.0 Å². The van der Waals surface area contributed by atoms with Crippen molar-refractivity contribution in [2.45, 2.75) is 49.8 Å². The molecule has 0 radical (unpaired) electrons. The van der Waals surface area contributed by atoms with Gasteiger partial charge in [0.1, 0.15) is 18.5 Å². The van der Waals surface area contributed by atoms with E-state index in [9.17, 15) is 15.0 Å². The Labute approximate surface area is 160 Å². The average molecular weight is 393 g/mol. The number of anilines is 1. The summed E-state index contributed by atoms with van der Waals surface area (Å²) in [4.78, 5) is 24.2. The summed E-state index contributed by atoms with van der Waals surface area (Å²) in [5, 5.41) is 24.1. The van der Waals surface area contributed by atoms with Crippen LogP contribution in [0.5, 0.6) is 0 Å². The molecule has 0 aliphatic carbocycles. The van der Waals surface area contributed by atoms with E-state index in [-0.39, 0.29) is 18.9 Å². The molecular formula is C17H23N5O6. The van der Waals surface area contributed by atoms with E-state index in [0.717, 1.165) is 6.42 Å². The minimum Gasteiger partial charge on any atom is -0.469 e. The van der Waals surface area contributed by atoms with E-state index in [1.165, 1.54) is 19.8 Å². The molecule has 2 saturated heterocycles. The van der Waals surface area contributed by atoms with Gasteiger partial charge in [0, 0.05) is 13.0 Å². The quantitative estimate of drug-likeness (QED) is 0.555. The first-order valence-electron chi connectivity index (χ1n) is 9.18. The molecule has 0 amide bonds. The number of nitrogens with zero attached hydrogens (tertiary/aromatic N) is 4. The Bertz CT molecular complexity index is 839. The predicted molar refractivity (Wildman–Crippen MR) is 95.3 cm³/mol. The molecule has 2 aliphatic rings. The van der Waals surface area contributed by atoms with Crippen molar-refractivity contribution in [3.05, 3.63) is 12.7 Å². The number of ether oxygens (including phenoxy) is 3. The number of aliphatic hydroxyl groups excluding tert-OH is 2. The molecule has 4 rings (SSSR count). The van der Waals surface area contributed by atoms with Gasteiger partial charge in [0.25, 0.3) is 0 Å². The summed E-state index contributed by atoms with van der Waals surface area (Å²) in [6.07, 6.45) is 0.206. The molecule has 3 N–H and O–H groups in total. The van der Waals surface area contributed by atoms with Gasteiger partial charge in [0.05, 0.1) is 32.2 Å². The van der Waals surface area contributed by atoms with Crippen LogP contribution < -0.4 is 5.32 Å². The molecule has 152 valence electrons. The van der Waals surface area contributed by atoms with Crippen molar-refractivity contribution in [1.29, 1.82) is 0 Å². The van der Waals surface area contributed by atoms with Gasteiger partial charge < -0.3 is 29.7 Å². The SMILES string of the molecule is COC(=O)CC[C@H]1O[C@@H](n2cnc3c(NC4CCOC4)ncnc32)[C@H](O)[C@@H]1O. The van der Waals surface area contributed by atoms with Gasteiger partial charge in [-0.25, -0.2) is 15.0 Å². The Kier molecular flexibility index (Phi) is 5.40. The zero-order chi connectivity index (χ0) is 19.7. The number of aliphatic hydroxyl groups is 2. The van der Waals surface area contributed by atoms with Crippen LogP contribution in [0.3, 0.4) is 0 Å². The van der Waals surface area contributed by atoms with Crippen LogP contribution in [0.15, 0.2) is 12.7 Å². The first-order valence-corrected chi connectivity index (χ1v) is 9.18. The van der Waals surface area contributed by atoms with Gasteiger partial charge in [0.15, 0.2) is 23.2 Å². The lowest BCUT2D eigenvalue weighted by Gasteiger charge is -2.17. The molecule has 0 saturated carbocycles. The van der Waals surface area contributed by atoms with Crippen LogP contribution in [0.2, 0.25) is 0 Å². The van der Waals surface area contributed by atoms with Crippen LogP contribution in [0, 0.1) is 0 Å². The number of hydrogen-bond acceptors (Lipinski definition) is 10. The highest BCUT2D eigenvalue weighted by molar-refractivity contribution is 5.82. The maximum atomic E-state index is 11.4. The van der Waals surface area contributed by atoms with Gasteiger partial charge in [-0.1, -0.05) is 0 Å². The van der Waals surface area contributed by atoms with E-state index < -0.39 is 30.5 Å². The first kappa shape index (κ1) is 19.0. The molecule has 1 unspecified atom stereocenters. The molecular weight excluding hydrogens is 370 g/mol. The second-order valence-electron chi connectivity index (χ2n) is 6.91. The highest BCUT2D eigenvalue weighted by Gasteiger charge is 2.44. The van der Waals surface area contributed by atoms with Gasteiger partial charge in [-0.15, -0.1) is 0 Å². The number of aromatic nitrogens is 4. The third-order valence-corrected chi connectivity index (χ3v) is 5.10. The van der Waals surface area contributed by atoms with Crippen LogP contribution >= 0.6 is 0 Å². The summed E-state index contributed by atoms with van der Waals surface area (Å²) in [5.74, 6) is 0.177. The predicted octanol–water partition coefficient (Wildman–Crippen LogP) is -0.400.